The molecule has 1 spiro atoms. The first kappa shape index (κ1) is 16.6. The molecular weight excluding hydrogens is 340 g/mol. The van der Waals surface area contributed by atoms with Crippen molar-refractivity contribution in [1.82, 2.24) is 10.2 Å². The van der Waals surface area contributed by atoms with Gasteiger partial charge in [-0.25, -0.2) is 0 Å². The number of benzene rings is 1. The summed E-state index contributed by atoms with van der Waals surface area (Å²) in [5.41, 5.74) is 1.25. The maximum atomic E-state index is 12.3. The van der Waals surface area contributed by atoms with Crippen LogP contribution in [-0.4, -0.2) is 58.5 Å². The molecule has 6 rings (SSSR count). The van der Waals surface area contributed by atoms with Gasteiger partial charge in [-0.05, 0) is 69.2 Å². The summed E-state index contributed by atoms with van der Waals surface area (Å²) in [4.78, 5) is 2.58. The van der Waals surface area contributed by atoms with E-state index in [-0.39, 0.29) is 29.4 Å². The van der Waals surface area contributed by atoms with E-state index in [0.29, 0.717) is 5.75 Å². The molecule has 5 heteroatoms. The molecule has 5 aliphatic rings. The number of ether oxygens (including phenoxy) is 1. The largest absolute Gasteiger partial charge is 0.504 e. The highest BCUT2D eigenvalue weighted by molar-refractivity contribution is 5.62. The number of phenolic OH excluding ortho intramolecular Hbond substituents is 1. The molecule has 0 unspecified atom stereocenters. The molecule has 2 saturated carbocycles. The number of nitrogens with zero attached hydrogens (tertiary/aromatic N) is 1. The van der Waals surface area contributed by atoms with E-state index in [9.17, 15) is 10.2 Å². The maximum absolute atomic E-state index is 12.3. The van der Waals surface area contributed by atoms with Gasteiger partial charge in [-0.3, -0.25) is 4.90 Å². The van der Waals surface area contributed by atoms with Crippen molar-refractivity contribution >= 4 is 0 Å². The summed E-state index contributed by atoms with van der Waals surface area (Å²) in [5.74, 6) is 1.71. The van der Waals surface area contributed by atoms with Crippen molar-refractivity contribution in [3.05, 3.63) is 23.3 Å². The van der Waals surface area contributed by atoms with E-state index in [1.54, 1.807) is 6.07 Å². The van der Waals surface area contributed by atoms with E-state index in [0.717, 1.165) is 56.8 Å². The van der Waals surface area contributed by atoms with Crippen LogP contribution in [-0.2, 0) is 11.8 Å². The molecule has 2 aliphatic heterocycles. The van der Waals surface area contributed by atoms with Gasteiger partial charge >= 0.3 is 0 Å². The smallest absolute Gasteiger partial charge is 0.165 e. The van der Waals surface area contributed by atoms with Gasteiger partial charge in [-0.15, -0.1) is 0 Å². The quantitative estimate of drug-likeness (QED) is 0.756. The molecule has 1 aromatic carbocycles. The van der Waals surface area contributed by atoms with E-state index in [4.69, 9.17) is 4.74 Å². The molecular formula is C22H30N2O3. The van der Waals surface area contributed by atoms with Crippen LogP contribution in [0.3, 0.4) is 0 Å². The van der Waals surface area contributed by atoms with Crippen LogP contribution < -0.4 is 10.1 Å². The van der Waals surface area contributed by atoms with E-state index in [2.05, 4.69) is 23.2 Å². The molecule has 0 aromatic heterocycles. The molecule has 1 aromatic rings. The van der Waals surface area contributed by atoms with Crippen molar-refractivity contribution in [2.24, 2.45) is 5.92 Å². The number of aromatic hydroxyl groups is 1. The number of nitrogens with one attached hydrogen (secondary N) is 1. The minimum absolute atomic E-state index is 0.0934. The Labute approximate surface area is 160 Å². The van der Waals surface area contributed by atoms with Gasteiger partial charge in [0.2, 0.25) is 0 Å². The lowest BCUT2D eigenvalue weighted by molar-refractivity contribution is -0.191. The molecule has 5 atom stereocenters. The van der Waals surface area contributed by atoms with Gasteiger partial charge < -0.3 is 20.3 Å². The van der Waals surface area contributed by atoms with E-state index in [1.807, 2.05) is 0 Å². The number of piperidine rings is 1. The zero-order chi connectivity index (χ0) is 18.4. The standard InChI is InChI=1S/C22H30N2O3/c1-2-23-15-7-8-22(26)17-11-14-5-6-16(25)19-18(14)21(22,20(15)27-19)9-10-24(17)12-13-3-4-13/h5-6,13,15,17,20,23,25-26H,2-4,7-12H2,1H3/t15-,17-,20+,21+,22-/m1/s1. The predicted octanol–water partition coefficient (Wildman–Crippen LogP) is 1.93. The Kier molecular flexibility index (Phi) is 3.33. The lowest BCUT2D eigenvalue weighted by Crippen LogP contribution is -2.78. The van der Waals surface area contributed by atoms with Gasteiger partial charge in [0, 0.05) is 24.2 Å². The van der Waals surface area contributed by atoms with Crippen LogP contribution in [0.1, 0.15) is 50.2 Å². The minimum Gasteiger partial charge on any atom is -0.504 e. The van der Waals surface area contributed by atoms with Gasteiger partial charge in [0.05, 0.1) is 11.0 Å². The van der Waals surface area contributed by atoms with Crippen LogP contribution in [0.25, 0.3) is 0 Å². The van der Waals surface area contributed by atoms with Gasteiger partial charge in [-0.2, -0.15) is 0 Å². The van der Waals surface area contributed by atoms with Crippen molar-refractivity contribution in [3.63, 3.8) is 0 Å². The van der Waals surface area contributed by atoms with Crippen LogP contribution in [0.2, 0.25) is 0 Å². The molecule has 1 saturated heterocycles. The summed E-state index contributed by atoms with van der Waals surface area (Å²) in [6.07, 6.45) is 6.12. The van der Waals surface area contributed by atoms with E-state index >= 15 is 0 Å². The molecule has 5 nitrogen and oxygen atoms in total. The Morgan fingerprint density at radius 3 is 2.89 bits per heavy atom. The molecule has 3 N–H and O–H groups in total. The molecule has 3 aliphatic carbocycles. The predicted molar refractivity (Wildman–Crippen MR) is 102 cm³/mol. The monoisotopic (exact) mass is 370 g/mol. The third kappa shape index (κ3) is 1.95. The highest BCUT2D eigenvalue weighted by Gasteiger charge is 2.72. The van der Waals surface area contributed by atoms with Crippen LogP contribution in [0.4, 0.5) is 0 Å². The van der Waals surface area contributed by atoms with Gasteiger partial charge in [0.25, 0.3) is 0 Å². The second-order valence-corrected chi connectivity index (χ2v) is 9.49. The van der Waals surface area contributed by atoms with Crippen molar-refractivity contribution in [3.8, 4) is 11.5 Å². The van der Waals surface area contributed by atoms with Gasteiger partial charge in [0.15, 0.2) is 11.5 Å². The fourth-order valence-corrected chi connectivity index (χ4v) is 6.95. The minimum atomic E-state index is -0.761. The molecule has 0 radical (unpaired) electrons. The molecule has 2 heterocycles. The number of aliphatic hydroxyl groups is 1. The average molecular weight is 370 g/mol. The molecule has 0 amide bonds. The SMILES string of the molecule is CCN[C@@H]1CC[C@@]2(O)[C@H]3Cc4ccc(O)c5c4[C@@]2(CCN3CC2CC2)[C@H]1O5. The molecule has 146 valence electrons. The summed E-state index contributed by atoms with van der Waals surface area (Å²) >= 11 is 0. The molecule has 27 heavy (non-hydrogen) atoms. The third-order valence-electron chi connectivity index (χ3n) is 8.23. The Hall–Kier alpha value is -1.30. The Morgan fingerprint density at radius 1 is 1.26 bits per heavy atom. The van der Waals surface area contributed by atoms with Crippen LogP contribution >= 0.6 is 0 Å². The zero-order valence-corrected chi connectivity index (χ0v) is 16.1. The van der Waals surface area contributed by atoms with Crippen molar-refractivity contribution in [1.29, 1.82) is 0 Å². The molecule has 2 bridgehead atoms. The Morgan fingerprint density at radius 2 is 2.11 bits per heavy atom. The zero-order valence-electron chi connectivity index (χ0n) is 16.1. The summed E-state index contributed by atoms with van der Waals surface area (Å²) in [6.45, 7) is 5.18. The van der Waals surface area contributed by atoms with E-state index < -0.39 is 5.60 Å². The Balaban J connectivity index is 1.53. The highest BCUT2D eigenvalue weighted by Crippen LogP contribution is 2.65. The fourth-order valence-electron chi connectivity index (χ4n) is 6.95. The van der Waals surface area contributed by atoms with Crippen LogP contribution in [0.5, 0.6) is 11.5 Å². The number of hydrogen-bond donors (Lipinski definition) is 3. The second kappa shape index (κ2) is 5.40. The number of phenols is 1. The topological polar surface area (TPSA) is 65.0 Å². The Bertz CT molecular complexity index is 794. The first-order valence-corrected chi connectivity index (χ1v) is 10.8. The summed E-state index contributed by atoms with van der Waals surface area (Å²) < 4.78 is 6.48. The van der Waals surface area contributed by atoms with Crippen LogP contribution in [0, 0.1) is 5.92 Å². The summed E-state index contributed by atoms with van der Waals surface area (Å²) in [5, 5.41) is 26.4. The fraction of sp³-hybridized carbons (Fsp3) is 0.727. The lowest BCUT2D eigenvalue weighted by atomic mass is 9.48. The third-order valence-corrected chi connectivity index (χ3v) is 8.23. The first-order chi connectivity index (χ1) is 13.1. The van der Waals surface area contributed by atoms with Gasteiger partial charge in [-0.1, -0.05) is 13.0 Å². The highest BCUT2D eigenvalue weighted by atomic mass is 16.5. The maximum Gasteiger partial charge on any atom is 0.165 e. The number of rotatable bonds is 4. The average Bonchev–Trinajstić information content (AvgIpc) is 3.39. The van der Waals surface area contributed by atoms with Gasteiger partial charge in [0.1, 0.15) is 6.10 Å². The van der Waals surface area contributed by atoms with Crippen molar-refractivity contribution in [2.45, 2.75) is 74.7 Å². The second-order valence-electron chi connectivity index (χ2n) is 9.49. The summed E-state index contributed by atoms with van der Waals surface area (Å²) in [7, 11) is 0. The molecule has 3 fully saturated rings. The van der Waals surface area contributed by atoms with E-state index in [1.165, 1.54) is 18.4 Å². The number of likely N-dealkylation sites (N-methyl/N-ethyl adjacent to an activating group) is 1. The first-order valence-electron chi connectivity index (χ1n) is 10.8. The normalized spacial score (nSPS) is 41.9. The van der Waals surface area contributed by atoms with Crippen LogP contribution in [0.15, 0.2) is 12.1 Å². The number of hydrogen-bond acceptors (Lipinski definition) is 5. The summed E-state index contributed by atoms with van der Waals surface area (Å²) in [6, 6.07) is 4.26. The lowest BCUT2D eigenvalue weighted by Gasteiger charge is -2.64. The van der Waals surface area contributed by atoms with Crippen molar-refractivity contribution in [2.75, 3.05) is 19.6 Å². The number of likely N-dealkylation sites (tertiary alicyclic amines) is 1. The van der Waals surface area contributed by atoms with Crippen molar-refractivity contribution < 1.29 is 14.9 Å².